The average molecular weight is 572 g/mol. The molecule has 12 heteroatoms. The molecule has 5 rings (SSSR count). The summed E-state index contributed by atoms with van der Waals surface area (Å²) in [5, 5.41) is 1.37. The normalized spacial score (nSPS) is 26.9. The third kappa shape index (κ3) is 4.74. The van der Waals surface area contributed by atoms with Crippen LogP contribution in [-0.2, 0) is 19.2 Å². The first kappa shape index (κ1) is 25.4. The van der Waals surface area contributed by atoms with Gasteiger partial charge in [0.2, 0.25) is 11.8 Å². The lowest BCUT2D eigenvalue weighted by atomic mass is 10.1. The SMILES string of the molecule is O=C1C[C@H]([NH+]2CC[NH+]([C@H]3CC(=O)N(c4cc(Cl)cc(Cl)c4)C3=O)CC2)C(=O)N1c1cc(Cl)cc(Cl)c1. The predicted molar refractivity (Wildman–Crippen MR) is 136 cm³/mol. The Morgan fingerprint density at radius 1 is 0.556 bits per heavy atom. The van der Waals surface area contributed by atoms with Crippen LogP contribution in [0.4, 0.5) is 11.4 Å². The van der Waals surface area contributed by atoms with Crippen LogP contribution in [0.3, 0.4) is 0 Å². The van der Waals surface area contributed by atoms with E-state index in [0.717, 1.165) is 19.6 Å². The lowest BCUT2D eigenvalue weighted by Crippen LogP contribution is -3.31. The standard InChI is InChI=1S/C24H20Cl4N4O4/c25-13-5-14(26)8-17(7-13)31-21(33)11-19(23(31)35)29-1-2-30(4-3-29)20-12-22(34)32(24(20)36)18-9-15(27)6-16(28)10-18/h5-10,19-20H,1-4,11-12H2/p+2/t19-,20-/m0/s1. The first-order valence-corrected chi connectivity index (χ1v) is 13.0. The maximum absolute atomic E-state index is 13.2. The highest BCUT2D eigenvalue weighted by Crippen LogP contribution is 2.30. The maximum Gasteiger partial charge on any atom is 0.292 e. The molecule has 2 N–H and O–H groups in total. The Morgan fingerprint density at radius 2 is 0.861 bits per heavy atom. The van der Waals surface area contributed by atoms with Crippen LogP contribution in [-0.4, -0.2) is 61.9 Å². The molecular weight excluding hydrogens is 550 g/mol. The number of benzene rings is 2. The van der Waals surface area contributed by atoms with Gasteiger partial charge in [-0.25, -0.2) is 9.80 Å². The molecule has 2 atom stereocenters. The number of halogens is 4. The lowest BCUT2D eigenvalue weighted by molar-refractivity contribution is -1.02. The first-order valence-electron chi connectivity index (χ1n) is 11.5. The van der Waals surface area contributed by atoms with Gasteiger partial charge in [0.25, 0.3) is 11.8 Å². The Balaban J connectivity index is 1.25. The quantitative estimate of drug-likeness (QED) is 0.537. The fourth-order valence-electron chi connectivity index (χ4n) is 5.37. The van der Waals surface area contributed by atoms with Crippen LogP contribution in [0.1, 0.15) is 12.8 Å². The van der Waals surface area contributed by atoms with E-state index in [4.69, 9.17) is 46.4 Å². The number of rotatable bonds is 4. The van der Waals surface area contributed by atoms with E-state index in [9.17, 15) is 19.2 Å². The molecular formula is C24H22Cl4N4O4+2. The molecule has 36 heavy (non-hydrogen) atoms. The van der Waals surface area contributed by atoms with Gasteiger partial charge in [-0.15, -0.1) is 0 Å². The van der Waals surface area contributed by atoms with Crippen LogP contribution in [0.2, 0.25) is 20.1 Å². The smallest absolute Gasteiger partial charge is 0.292 e. The molecule has 3 aliphatic heterocycles. The van der Waals surface area contributed by atoms with Gasteiger partial charge in [0.05, 0.1) is 24.2 Å². The second kappa shape index (κ2) is 9.93. The van der Waals surface area contributed by atoms with Crippen molar-refractivity contribution < 1.29 is 29.0 Å². The Bertz CT molecular complexity index is 1140. The van der Waals surface area contributed by atoms with Crippen molar-refractivity contribution in [2.24, 2.45) is 0 Å². The molecule has 0 radical (unpaired) electrons. The highest BCUT2D eigenvalue weighted by atomic mass is 35.5. The van der Waals surface area contributed by atoms with Crippen molar-refractivity contribution in [2.75, 3.05) is 36.0 Å². The van der Waals surface area contributed by atoms with Crippen molar-refractivity contribution in [3.63, 3.8) is 0 Å². The molecule has 0 bridgehead atoms. The van der Waals surface area contributed by atoms with E-state index in [0.29, 0.717) is 57.6 Å². The number of hydrogen-bond acceptors (Lipinski definition) is 4. The van der Waals surface area contributed by atoms with E-state index in [1.807, 2.05) is 0 Å². The van der Waals surface area contributed by atoms with Crippen molar-refractivity contribution in [1.82, 2.24) is 0 Å². The summed E-state index contributed by atoms with van der Waals surface area (Å²) in [5.74, 6) is -1.16. The average Bonchev–Trinajstić information content (AvgIpc) is 3.26. The summed E-state index contributed by atoms with van der Waals surface area (Å²) >= 11 is 24.3. The fraction of sp³-hybridized carbons (Fsp3) is 0.333. The second-order valence-electron chi connectivity index (χ2n) is 9.22. The van der Waals surface area contributed by atoms with Crippen molar-refractivity contribution in [2.45, 2.75) is 24.9 Å². The summed E-state index contributed by atoms with van der Waals surface area (Å²) in [6, 6.07) is 8.24. The zero-order valence-corrected chi connectivity index (χ0v) is 21.9. The van der Waals surface area contributed by atoms with Crippen molar-refractivity contribution in [1.29, 1.82) is 0 Å². The molecule has 2 aromatic carbocycles. The summed E-state index contributed by atoms with van der Waals surface area (Å²) in [7, 11) is 0. The molecule has 0 aromatic heterocycles. The number of amides is 4. The molecule has 0 saturated carbocycles. The number of hydrogen-bond donors (Lipinski definition) is 2. The number of nitrogens with zero attached hydrogens (tertiary/aromatic N) is 2. The minimum Gasteiger partial charge on any atom is -0.315 e. The van der Waals surface area contributed by atoms with Crippen LogP contribution in [0, 0.1) is 0 Å². The van der Waals surface area contributed by atoms with Gasteiger partial charge in [0, 0.05) is 20.1 Å². The number of carbonyl (C=O) groups is 4. The van der Waals surface area contributed by atoms with Crippen molar-refractivity contribution in [3.8, 4) is 0 Å². The Morgan fingerprint density at radius 3 is 1.17 bits per heavy atom. The number of anilines is 2. The number of carbonyl (C=O) groups excluding carboxylic acids is 4. The topological polar surface area (TPSA) is 83.6 Å². The number of quaternary nitrogens is 2. The van der Waals surface area contributed by atoms with Crippen molar-refractivity contribution in [3.05, 3.63) is 56.5 Å². The van der Waals surface area contributed by atoms with Gasteiger partial charge in [-0.1, -0.05) is 46.4 Å². The number of nitrogens with one attached hydrogen (secondary N) is 2. The molecule has 3 heterocycles. The molecule has 3 fully saturated rings. The molecule has 8 nitrogen and oxygen atoms in total. The summed E-state index contributed by atoms with van der Waals surface area (Å²) in [6.45, 7) is 2.35. The van der Waals surface area contributed by atoms with E-state index in [-0.39, 0.29) is 36.5 Å². The molecule has 4 amide bonds. The third-order valence-electron chi connectivity index (χ3n) is 7.02. The minimum absolute atomic E-state index is 0.0950. The zero-order valence-electron chi connectivity index (χ0n) is 18.9. The largest absolute Gasteiger partial charge is 0.315 e. The minimum atomic E-state index is -0.511. The summed E-state index contributed by atoms with van der Waals surface area (Å²) in [5.41, 5.74) is 0.731. The Hall–Kier alpha value is -2.20. The van der Waals surface area contributed by atoms with Crippen molar-refractivity contribution >= 4 is 81.4 Å². The van der Waals surface area contributed by atoms with Crippen LogP contribution in [0.25, 0.3) is 0 Å². The van der Waals surface area contributed by atoms with Gasteiger partial charge in [0.1, 0.15) is 26.2 Å². The maximum atomic E-state index is 13.2. The molecule has 3 saturated heterocycles. The summed E-state index contributed by atoms with van der Waals surface area (Å²) in [4.78, 5) is 56.1. The van der Waals surface area contributed by atoms with Gasteiger partial charge in [0.15, 0.2) is 12.1 Å². The van der Waals surface area contributed by atoms with Gasteiger partial charge in [-0.2, -0.15) is 0 Å². The predicted octanol–water partition coefficient (Wildman–Crippen LogP) is 1.05. The molecule has 0 spiro atoms. The summed E-state index contributed by atoms with van der Waals surface area (Å²) < 4.78 is 0. The molecule has 2 aromatic rings. The van der Waals surface area contributed by atoms with Crippen LogP contribution >= 0.6 is 46.4 Å². The lowest BCUT2D eigenvalue weighted by Gasteiger charge is -2.34. The highest BCUT2D eigenvalue weighted by Gasteiger charge is 2.50. The molecule has 0 unspecified atom stereocenters. The van der Waals surface area contributed by atoms with E-state index < -0.39 is 12.1 Å². The molecule has 188 valence electrons. The van der Waals surface area contributed by atoms with E-state index in [1.54, 1.807) is 36.4 Å². The number of piperazine rings is 1. The van der Waals surface area contributed by atoms with Crippen LogP contribution < -0.4 is 19.6 Å². The zero-order chi connectivity index (χ0) is 25.7. The van der Waals surface area contributed by atoms with Gasteiger partial charge < -0.3 is 9.80 Å². The second-order valence-corrected chi connectivity index (χ2v) is 11.0. The Kier molecular flexibility index (Phi) is 7.02. The molecule has 0 aliphatic carbocycles. The van der Waals surface area contributed by atoms with E-state index in [2.05, 4.69) is 0 Å². The first-order chi connectivity index (χ1) is 17.1. The monoisotopic (exact) mass is 570 g/mol. The van der Waals surface area contributed by atoms with Crippen LogP contribution in [0.5, 0.6) is 0 Å². The fourth-order valence-corrected chi connectivity index (χ4v) is 6.40. The van der Waals surface area contributed by atoms with Gasteiger partial charge in [-0.3, -0.25) is 19.2 Å². The third-order valence-corrected chi connectivity index (χ3v) is 7.90. The van der Waals surface area contributed by atoms with Crippen LogP contribution in [0.15, 0.2) is 36.4 Å². The van der Waals surface area contributed by atoms with Gasteiger partial charge in [-0.05, 0) is 36.4 Å². The highest BCUT2D eigenvalue weighted by molar-refractivity contribution is 6.36. The van der Waals surface area contributed by atoms with Gasteiger partial charge >= 0.3 is 0 Å². The molecule has 3 aliphatic rings. The Labute approximate surface area is 227 Å². The summed E-state index contributed by atoms with van der Waals surface area (Å²) in [6.07, 6.45) is 0.190. The van der Waals surface area contributed by atoms with E-state index in [1.165, 1.54) is 0 Å². The van der Waals surface area contributed by atoms with E-state index >= 15 is 0 Å². The number of imide groups is 2.